The Hall–Kier alpha value is -4.32. The van der Waals surface area contributed by atoms with E-state index >= 15 is 0 Å². The first-order chi connectivity index (χ1) is 21.2. The molecular formula is C32H39N7O4S. The quantitative estimate of drug-likeness (QED) is 0.129. The van der Waals surface area contributed by atoms with Crippen LogP contribution in [-0.2, 0) is 14.4 Å². The summed E-state index contributed by atoms with van der Waals surface area (Å²) < 4.78 is 0. The van der Waals surface area contributed by atoms with Crippen molar-refractivity contribution in [1.29, 1.82) is 5.41 Å². The highest BCUT2D eigenvalue weighted by molar-refractivity contribution is 7.11. The van der Waals surface area contributed by atoms with Gasteiger partial charge in [-0.2, -0.15) is 0 Å². The lowest BCUT2D eigenvalue weighted by Crippen LogP contribution is -2.60. The number of hydrogen-bond donors (Lipinski definition) is 3. The predicted molar refractivity (Wildman–Crippen MR) is 169 cm³/mol. The Kier molecular flexibility index (Phi) is 9.58. The zero-order valence-electron chi connectivity index (χ0n) is 24.9. The van der Waals surface area contributed by atoms with E-state index in [0.717, 1.165) is 24.0 Å². The van der Waals surface area contributed by atoms with Gasteiger partial charge < -0.3 is 25.8 Å². The van der Waals surface area contributed by atoms with Crippen molar-refractivity contribution >= 4 is 46.9 Å². The average molecular weight is 618 g/mol. The maximum absolute atomic E-state index is 13.7. The molecule has 12 heteroatoms. The van der Waals surface area contributed by atoms with Crippen molar-refractivity contribution in [3.63, 3.8) is 0 Å². The molecule has 0 radical (unpaired) electrons. The van der Waals surface area contributed by atoms with E-state index in [1.807, 2.05) is 31.2 Å². The number of benzene rings is 1. The molecule has 232 valence electrons. The summed E-state index contributed by atoms with van der Waals surface area (Å²) >= 11 is 1.22. The molecule has 2 aromatic rings. The zero-order chi connectivity index (χ0) is 31.4. The molecule has 3 fully saturated rings. The first kappa shape index (κ1) is 31.1. The Bertz CT molecular complexity index is 1470. The molecule has 4 N–H and O–H groups in total. The number of fused-ring (bicyclic) bond motifs is 1. The van der Waals surface area contributed by atoms with Gasteiger partial charge in [-0.3, -0.25) is 24.6 Å². The lowest BCUT2D eigenvalue weighted by atomic mass is 9.89. The number of amides is 3. The number of thiazole rings is 1. The van der Waals surface area contributed by atoms with E-state index in [1.165, 1.54) is 22.3 Å². The molecule has 1 aromatic carbocycles. The van der Waals surface area contributed by atoms with Crippen LogP contribution in [0, 0.1) is 18.3 Å². The van der Waals surface area contributed by atoms with Gasteiger partial charge in [0.25, 0.3) is 5.91 Å². The Balaban J connectivity index is 1.27. The number of piperidine rings is 1. The van der Waals surface area contributed by atoms with Gasteiger partial charge in [-0.25, -0.2) is 4.98 Å². The van der Waals surface area contributed by atoms with Gasteiger partial charge in [-0.05, 0) is 62.1 Å². The number of carbonyl (C=O) groups is 4. The van der Waals surface area contributed by atoms with Crippen LogP contribution in [0.25, 0.3) is 6.08 Å². The molecule has 1 aromatic heterocycles. The summed E-state index contributed by atoms with van der Waals surface area (Å²) in [6.45, 7) is 7.20. The summed E-state index contributed by atoms with van der Waals surface area (Å²) in [5, 5.41) is 12.8. The van der Waals surface area contributed by atoms with Gasteiger partial charge in [0.2, 0.25) is 17.6 Å². The van der Waals surface area contributed by atoms with Gasteiger partial charge in [-0.15, -0.1) is 11.3 Å². The van der Waals surface area contributed by atoms with Crippen LogP contribution in [0.4, 0.5) is 0 Å². The maximum atomic E-state index is 13.7. The number of hydrogen-bond acceptors (Lipinski definition) is 7. The number of nitrogens with two attached hydrogens (primary N) is 1. The minimum atomic E-state index is -0.815. The largest absolute Gasteiger partial charge is 0.370 e. The van der Waals surface area contributed by atoms with Gasteiger partial charge in [0.15, 0.2) is 11.0 Å². The normalized spacial score (nSPS) is 22.8. The number of piperazine rings is 1. The Morgan fingerprint density at radius 3 is 2.70 bits per heavy atom. The van der Waals surface area contributed by atoms with Gasteiger partial charge >= 0.3 is 0 Å². The number of nitrogens with zero attached hydrogens (tertiary/aromatic N) is 4. The van der Waals surface area contributed by atoms with Crippen LogP contribution in [0.15, 0.2) is 54.1 Å². The second kappa shape index (κ2) is 13.5. The molecule has 11 nitrogen and oxygen atoms in total. The second-order valence-electron chi connectivity index (χ2n) is 11.7. The average Bonchev–Trinajstić information content (AvgIpc) is 3.71. The van der Waals surface area contributed by atoms with Crippen LogP contribution in [0.1, 0.15) is 53.0 Å². The minimum absolute atomic E-state index is 0.000510. The number of nitrogens with one attached hydrogen (secondary N) is 2. The first-order valence-corrected chi connectivity index (χ1v) is 15.9. The molecule has 0 bridgehead atoms. The highest BCUT2D eigenvalue weighted by Crippen LogP contribution is 2.30. The molecule has 3 amide bonds. The fourth-order valence-electron chi connectivity index (χ4n) is 6.53. The number of guanidine groups is 1. The van der Waals surface area contributed by atoms with Crippen molar-refractivity contribution in [2.45, 2.75) is 57.2 Å². The second-order valence-corrected chi connectivity index (χ2v) is 12.6. The van der Waals surface area contributed by atoms with Gasteiger partial charge in [-0.1, -0.05) is 36.9 Å². The van der Waals surface area contributed by atoms with E-state index in [-0.39, 0.29) is 48.0 Å². The molecular weight excluding hydrogens is 578 g/mol. The number of likely N-dealkylation sites (tertiary alicyclic amines) is 1. The van der Waals surface area contributed by atoms with Crippen LogP contribution in [-0.4, -0.2) is 93.5 Å². The predicted octanol–water partition coefficient (Wildman–Crippen LogP) is 2.59. The fourth-order valence-corrected chi connectivity index (χ4v) is 7.16. The number of aromatic nitrogens is 1. The number of aryl methyl sites for hydroxylation is 1. The third kappa shape index (κ3) is 6.75. The molecule has 4 atom stereocenters. The van der Waals surface area contributed by atoms with Crippen molar-refractivity contribution in [2.75, 3.05) is 26.2 Å². The van der Waals surface area contributed by atoms with Gasteiger partial charge in [0.1, 0.15) is 12.6 Å². The monoisotopic (exact) mass is 617 g/mol. The number of Topliss-reactive ketones (excluding diaryl/α,β-unsaturated/α-hetero) is 1. The van der Waals surface area contributed by atoms with E-state index in [9.17, 15) is 19.2 Å². The van der Waals surface area contributed by atoms with Crippen LogP contribution in [0.5, 0.6) is 0 Å². The van der Waals surface area contributed by atoms with Crippen molar-refractivity contribution in [3.05, 3.63) is 70.2 Å². The van der Waals surface area contributed by atoms with Crippen LogP contribution < -0.4 is 11.1 Å². The minimum Gasteiger partial charge on any atom is -0.370 e. The SMILES string of the molecule is C=CC(=Cc1ccccc1C)C(=O)N1CC(=O)N2C(CCC2C(=O)NC(CC2CCCN(C(=N)N)C2)C(=O)c2nccs2)C1. The lowest BCUT2D eigenvalue weighted by Gasteiger charge is -2.39. The van der Waals surface area contributed by atoms with Crippen LogP contribution in [0.2, 0.25) is 0 Å². The van der Waals surface area contributed by atoms with E-state index in [1.54, 1.807) is 27.5 Å². The molecule has 3 aliphatic heterocycles. The molecule has 4 unspecified atom stereocenters. The Morgan fingerprint density at radius 1 is 1.20 bits per heavy atom. The molecule has 44 heavy (non-hydrogen) atoms. The Labute approximate surface area is 261 Å². The highest BCUT2D eigenvalue weighted by atomic mass is 32.1. The molecule has 5 rings (SSSR count). The highest BCUT2D eigenvalue weighted by Gasteiger charge is 2.46. The van der Waals surface area contributed by atoms with E-state index in [2.05, 4.69) is 16.9 Å². The van der Waals surface area contributed by atoms with Crippen molar-refractivity contribution in [2.24, 2.45) is 11.7 Å². The molecule has 3 saturated heterocycles. The van der Waals surface area contributed by atoms with Crippen molar-refractivity contribution in [3.8, 4) is 0 Å². The van der Waals surface area contributed by atoms with Crippen LogP contribution >= 0.6 is 11.3 Å². The lowest BCUT2D eigenvalue weighted by molar-refractivity contribution is -0.149. The third-order valence-electron chi connectivity index (χ3n) is 8.81. The molecule has 4 heterocycles. The molecule has 0 aliphatic carbocycles. The van der Waals surface area contributed by atoms with Crippen molar-refractivity contribution in [1.82, 2.24) is 25.0 Å². The molecule has 3 aliphatic rings. The van der Waals surface area contributed by atoms with E-state index < -0.39 is 12.1 Å². The van der Waals surface area contributed by atoms with E-state index in [4.69, 9.17) is 11.1 Å². The summed E-state index contributed by atoms with van der Waals surface area (Å²) in [4.78, 5) is 63.2. The van der Waals surface area contributed by atoms with E-state index in [0.29, 0.717) is 49.5 Å². The third-order valence-corrected chi connectivity index (χ3v) is 9.60. The molecule has 0 spiro atoms. The topological polar surface area (TPSA) is 153 Å². The van der Waals surface area contributed by atoms with Gasteiger partial charge in [0, 0.05) is 36.8 Å². The summed E-state index contributed by atoms with van der Waals surface area (Å²) in [5.74, 6) is -1.14. The molecule has 0 saturated carbocycles. The maximum Gasteiger partial charge on any atom is 0.254 e. The summed E-state index contributed by atoms with van der Waals surface area (Å²) in [7, 11) is 0. The standard InChI is InChI=1S/C32H39N7O4S/c1-3-22(16-23-9-5-4-7-20(23)2)31(43)38-18-24-10-11-26(39(24)27(40)19-38)29(42)36-25(28(41)30-35-12-14-44-30)15-21-8-6-13-37(17-21)32(33)34/h3-5,7,9,12,14,16,21,24-26H,1,6,8,10-11,13,15,17-19H2,2H3,(H3,33,34)(H,36,42). The zero-order valence-corrected chi connectivity index (χ0v) is 25.7. The summed E-state index contributed by atoms with van der Waals surface area (Å²) in [6, 6.07) is 5.89. The Morgan fingerprint density at radius 2 is 2.00 bits per heavy atom. The summed E-state index contributed by atoms with van der Waals surface area (Å²) in [5.41, 5.74) is 8.06. The number of rotatable bonds is 9. The fraction of sp³-hybridized carbons (Fsp3) is 0.438. The van der Waals surface area contributed by atoms with Gasteiger partial charge in [0.05, 0.1) is 12.1 Å². The van der Waals surface area contributed by atoms with Crippen LogP contribution in [0.3, 0.4) is 0 Å². The first-order valence-electron chi connectivity index (χ1n) is 15.0. The smallest absolute Gasteiger partial charge is 0.254 e. The number of carbonyl (C=O) groups excluding carboxylic acids is 4. The summed E-state index contributed by atoms with van der Waals surface area (Å²) in [6.07, 6.45) is 7.95. The van der Waals surface area contributed by atoms with Crippen molar-refractivity contribution < 1.29 is 19.2 Å². The number of ketones is 1.